The van der Waals surface area contributed by atoms with Crippen molar-refractivity contribution in [3.63, 3.8) is 0 Å². The predicted molar refractivity (Wildman–Crippen MR) is 85.6 cm³/mol. The average molecular weight is 329 g/mol. The molecule has 1 aliphatic heterocycles. The van der Waals surface area contributed by atoms with Crippen LogP contribution in [0.5, 0.6) is 5.75 Å². The van der Waals surface area contributed by atoms with Crippen LogP contribution >= 0.6 is 11.6 Å². The van der Waals surface area contributed by atoms with Crippen molar-refractivity contribution in [3.8, 4) is 5.75 Å². The lowest BCUT2D eigenvalue weighted by Gasteiger charge is -2.15. The Bertz CT molecular complexity index is 802. The van der Waals surface area contributed by atoms with E-state index in [0.717, 1.165) is 10.5 Å². The van der Waals surface area contributed by atoms with Gasteiger partial charge in [-0.05, 0) is 23.8 Å². The number of imide groups is 1. The minimum absolute atomic E-state index is 0.0893. The molecule has 2 heterocycles. The van der Waals surface area contributed by atoms with Gasteiger partial charge in [0.05, 0.1) is 19.2 Å². The van der Waals surface area contributed by atoms with Crippen LogP contribution < -0.4 is 4.74 Å². The van der Waals surface area contributed by atoms with Gasteiger partial charge in [0, 0.05) is 18.0 Å². The third kappa shape index (κ3) is 2.71. The standard InChI is InChI=1S/C17H13ClN2O3/c1-23-13-5-3-2-4-12(13)14-15(18)17(22)20(16(14)21)10-11-6-8-19-9-7-11/h2-9H,10H2,1H3. The summed E-state index contributed by atoms with van der Waals surface area (Å²) in [5.41, 5.74) is 1.48. The molecule has 0 radical (unpaired) electrons. The molecule has 1 aliphatic rings. The molecular weight excluding hydrogens is 316 g/mol. The van der Waals surface area contributed by atoms with E-state index in [1.54, 1.807) is 48.8 Å². The molecule has 2 aromatic rings. The maximum absolute atomic E-state index is 12.7. The number of hydrogen-bond acceptors (Lipinski definition) is 4. The fourth-order valence-electron chi connectivity index (χ4n) is 2.45. The highest BCUT2D eigenvalue weighted by molar-refractivity contribution is 6.55. The van der Waals surface area contributed by atoms with Gasteiger partial charge < -0.3 is 4.74 Å². The number of nitrogens with zero attached hydrogens (tertiary/aromatic N) is 2. The molecule has 3 rings (SSSR count). The Balaban J connectivity index is 1.97. The Morgan fingerprint density at radius 3 is 2.48 bits per heavy atom. The molecule has 6 heteroatoms. The lowest BCUT2D eigenvalue weighted by Crippen LogP contribution is -2.30. The summed E-state index contributed by atoms with van der Waals surface area (Å²) < 4.78 is 5.26. The molecule has 23 heavy (non-hydrogen) atoms. The van der Waals surface area contributed by atoms with E-state index in [2.05, 4.69) is 4.98 Å². The Morgan fingerprint density at radius 1 is 1.09 bits per heavy atom. The van der Waals surface area contributed by atoms with E-state index in [4.69, 9.17) is 16.3 Å². The van der Waals surface area contributed by atoms with Crippen LogP contribution in [0.25, 0.3) is 5.57 Å². The zero-order chi connectivity index (χ0) is 16.4. The number of hydrogen-bond donors (Lipinski definition) is 0. The van der Waals surface area contributed by atoms with E-state index < -0.39 is 11.8 Å². The number of carbonyl (C=O) groups is 2. The van der Waals surface area contributed by atoms with Crippen molar-refractivity contribution in [1.82, 2.24) is 9.88 Å². The van der Waals surface area contributed by atoms with Gasteiger partial charge in [0.1, 0.15) is 10.8 Å². The highest BCUT2D eigenvalue weighted by Crippen LogP contribution is 2.36. The Hall–Kier alpha value is -2.66. The van der Waals surface area contributed by atoms with Crippen molar-refractivity contribution in [3.05, 3.63) is 65.0 Å². The van der Waals surface area contributed by atoms with Crippen molar-refractivity contribution in [1.29, 1.82) is 0 Å². The van der Waals surface area contributed by atoms with Crippen molar-refractivity contribution in [2.24, 2.45) is 0 Å². The topological polar surface area (TPSA) is 59.5 Å². The highest BCUT2D eigenvalue weighted by atomic mass is 35.5. The lowest BCUT2D eigenvalue weighted by atomic mass is 10.1. The SMILES string of the molecule is COc1ccccc1C1=C(Cl)C(=O)N(Cc2ccncc2)C1=O. The Kier molecular flexibility index (Phi) is 4.12. The summed E-state index contributed by atoms with van der Waals surface area (Å²) in [5.74, 6) is -0.441. The first-order chi connectivity index (χ1) is 11.1. The Morgan fingerprint density at radius 2 is 1.78 bits per heavy atom. The zero-order valence-electron chi connectivity index (χ0n) is 12.3. The van der Waals surface area contributed by atoms with Crippen molar-refractivity contribution >= 4 is 29.0 Å². The normalized spacial score (nSPS) is 14.6. The zero-order valence-corrected chi connectivity index (χ0v) is 13.1. The fraction of sp³-hybridized carbons (Fsp3) is 0.118. The molecule has 0 fully saturated rings. The second-order valence-corrected chi connectivity index (χ2v) is 5.32. The minimum atomic E-state index is -0.505. The van der Waals surface area contributed by atoms with Crippen LogP contribution in [-0.4, -0.2) is 28.8 Å². The molecule has 116 valence electrons. The van der Waals surface area contributed by atoms with E-state index >= 15 is 0 Å². The molecule has 0 unspecified atom stereocenters. The number of para-hydroxylation sites is 1. The van der Waals surface area contributed by atoms with Crippen LogP contribution in [0.1, 0.15) is 11.1 Å². The van der Waals surface area contributed by atoms with E-state index in [1.807, 2.05) is 0 Å². The fourth-order valence-corrected chi connectivity index (χ4v) is 2.73. The summed E-state index contributed by atoms with van der Waals surface area (Å²) in [6.45, 7) is 0.148. The smallest absolute Gasteiger partial charge is 0.273 e. The monoisotopic (exact) mass is 328 g/mol. The van der Waals surface area contributed by atoms with Crippen LogP contribution in [0.4, 0.5) is 0 Å². The summed E-state index contributed by atoms with van der Waals surface area (Å²) in [5, 5.41) is -0.0893. The Labute approximate surface area is 138 Å². The van der Waals surface area contributed by atoms with Crippen LogP contribution in [0.2, 0.25) is 0 Å². The van der Waals surface area contributed by atoms with Crippen LogP contribution in [-0.2, 0) is 16.1 Å². The molecule has 5 nitrogen and oxygen atoms in total. The number of ether oxygens (including phenoxy) is 1. The van der Waals surface area contributed by atoms with E-state index in [1.165, 1.54) is 7.11 Å². The predicted octanol–water partition coefficient (Wildman–Crippen LogP) is 2.61. The third-order valence-electron chi connectivity index (χ3n) is 3.58. The lowest BCUT2D eigenvalue weighted by molar-refractivity contribution is -0.137. The van der Waals surface area contributed by atoms with Crippen LogP contribution in [0.15, 0.2) is 53.8 Å². The quantitative estimate of drug-likeness (QED) is 0.809. The van der Waals surface area contributed by atoms with Gasteiger partial charge in [-0.1, -0.05) is 29.8 Å². The number of carbonyl (C=O) groups excluding carboxylic acids is 2. The number of rotatable bonds is 4. The molecule has 0 N–H and O–H groups in total. The van der Waals surface area contributed by atoms with Gasteiger partial charge in [0.15, 0.2) is 0 Å². The first-order valence-corrected chi connectivity index (χ1v) is 7.29. The highest BCUT2D eigenvalue weighted by Gasteiger charge is 2.39. The van der Waals surface area contributed by atoms with Crippen LogP contribution in [0, 0.1) is 0 Å². The molecule has 0 aliphatic carbocycles. The number of halogens is 1. The van der Waals surface area contributed by atoms with Gasteiger partial charge in [-0.25, -0.2) is 0 Å². The molecular formula is C17H13ClN2O3. The van der Waals surface area contributed by atoms with Gasteiger partial charge in [0.2, 0.25) is 0 Å². The third-order valence-corrected chi connectivity index (χ3v) is 3.93. The molecule has 0 spiro atoms. The number of amides is 2. The van der Waals surface area contributed by atoms with Crippen molar-refractivity contribution < 1.29 is 14.3 Å². The first-order valence-electron chi connectivity index (χ1n) is 6.91. The second-order valence-electron chi connectivity index (χ2n) is 4.94. The average Bonchev–Trinajstić information content (AvgIpc) is 2.79. The molecule has 0 saturated carbocycles. The maximum Gasteiger partial charge on any atom is 0.273 e. The largest absolute Gasteiger partial charge is 0.496 e. The number of aromatic nitrogens is 1. The molecule has 1 aromatic heterocycles. The van der Waals surface area contributed by atoms with Gasteiger partial charge in [-0.2, -0.15) is 0 Å². The molecule has 0 atom stereocenters. The van der Waals surface area contributed by atoms with E-state index in [0.29, 0.717) is 11.3 Å². The van der Waals surface area contributed by atoms with Gasteiger partial charge in [0.25, 0.3) is 11.8 Å². The summed E-state index contributed by atoms with van der Waals surface area (Å²) in [6.07, 6.45) is 3.22. The van der Waals surface area contributed by atoms with Gasteiger partial charge in [-0.15, -0.1) is 0 Å². The summed E-state index contributed by atoms with van der Waals surface area (Å²) in [6, 6.07) is 10.5. The summed E-state index contributed by atoms with van der Waals surface area (Å²) in [4.78, 5) is 30.1. The number of benzene rings is 1. The molecule has 0 bridgehead atoms. The molecule has 2 amide bonds. The van der Waals surface area contributed by atoms with Crippen molar-refractivity contribution in [2.75, 3.05) is 7.11 Å². The first kappa shape index (κ1) is 15.2. The second kappa shape index (κ2) is 6.22. The van der Waals surface area contributed by atoms with Gasteiger partial charge >= 0.3 is 0 Å². The molecule has 0 saturated heterocycles. The summed E-state index contributed by atoms with van der Waals surface area (Å²) in [7, 11) is 1.50. The van der Waals surface area contributed by atoms with Crippen molar-refractivity contribution in [2.45, 2.75) is 6.54 Å². The number of methoxy groups -OCH3 is 1. The number of pyridine rings is 1. The minimum Gasteiger partial charge on any atom is -0.496 e. The van der Waals surface area contributed by atoms with Crippen LogP contribution in [0.3, 0.4) is 0 Å². The summed E-state index contributed by atoms with van der Waals surface area (Å²) >= 11 is 6.15. The van der Waals surface area contributed by atoms with E-state index in [9.17, 15) is 9.59 Å². The van der Waals surface area contributed by atoms with E-state index in [-0.39, 0.29) is 17.2 Å². The van der Waals surface area contributed by atoms with Gasteiger partial charge in [-0.3, -0.25) is 19.5 Å². The molecule has 1 aromatic carbocycles. The maximum atomic E-state index is 12.7.